The van der Waals surface area contributed by atoms with Crippen LogP contribution in [0.3, 0.4) is 0 Å². The molecule has 0 aliphatic rings. The Hall–Kier alpha value is -2.81. The topological polar surface area (TPSA) is 80.5 Å². The van der Waals surface area contributed by atoms with Crippen LogP contribution < -0.4 is 10.6 Å². The third kappa shape index (κ3) is 5.83. The van der Waals surface area contributed by atoms with Gasteiger partial charge in [-0.2, -0.15) is 59.6 Å². The number of rotatable bonds is 5. The highest BCUT2D eigenvalue weighted by Gasteiger charge is 2.38. The van der Waals surface area contributed by atoms with Crippen molar-refractivity contribution in [2.24, 2.45) is 0 Å². The quantitative estimate of drug-likeness (QED) is 0.693. The zero-order chi connectivity index (χ0) is 22.2. The fourth-order valence-corrected chi connectivity index (χ4v) is 1.73. The van der Waals surface area contributed by atoms with Crippen LogP contribution >= 0.6 is 0 Å². The lowest BCUT2D eigenvalue weighted by Gasteiger charge is -2.20. The average molecular weight is 437 g/mol. The van der Waals surface area contributed by atoms with E-state index in [0.29, 0.717) is 24.6 Å². The van der Waals surface area contributed by atoms with Gasteiger partial charge in [0.1, 0.15) is 12.1 Å². The molecule has 162 valence electrons. The van der Waals surface area contributed by atoms with Crippen LogP contribution in [-0.2, 0) is 6.18 Å². The Kier molecular flexibility index (Phi) is 5.85. The average Bonchev–Trinajstić information content (AvgIpc) is 3.03. The molecule has 0 saturated carbocycles. The molecule has 2 unspecified atom stereocenters. The first-order valence-electron chi connectivity index (χ1n) is 7.63. The van der Waals surface area contributed by atoms with E-state index in [2.05, 4.69) is 20.1 Å². The van der Waals surface area contributed by atoms with Gasteiger partial charge in [-0.25, -0.2) is 4.68 Å². The monoisotopic (exact) mass is 437 g/mol. The van der Waals surface area contributed by atoms with Crippen LogP contribution in [0.4, 0.5) is 51.4 Å². The van der Waals surface area contributed by atoms with E-state index in [1.54, 1.807) is 0 Å². The summed E-state index contributed by atoms with van der Waals surface area (Å²) >= 11 is 0. The molecule has 0 bridgehead atoms. The summed E-state index contributed by atoms with van der Waals surface area (Å²) < 4.78 is 115. The van der Waals surface area contributed by atoms with Gasteiger partial charge in [-0.15, -0.1) is 0 Å². The van der Waals surface area contributed by atoms with Gasteiger partial charge >= 0.3 is 18.5 Å². The van der Waals surface area contributed by atoms with Crippen molar-refractivity contribution in [1.29, 1.82) is 0 Å². The van der Waals surface area contributed by atoms with E-state index in [-0.39, 0.29) is 0 Å². The molecule has 2 aromatic rings. The largest absolute Gasteiger partial charge is 0.435 e. The Morgan fingerprint density at radius 2 is 1.24 bits per heavy atom. The molecule has 29 heavy (non-hydrogen) atoms. The smallest absolute Gasteiger partial charge is 0.343 e. The Morgan fingerprint density at radius 1 is 0.793 bits per heavy atom. The SMILES string of the molecule is CC(Nc1nc(NC(C)C(F)(F)F)nc(-n2ccc(C(F)(F)F)n2)n1)C(F)(F)F. The number of anilines is 2. The summed E-state index contributed by atoms with van der Waals surface area (Å²) in [5, 5.41) is 6.75. The van der Waals surface area contributed by atoms with Crippen LogP contribution in [0.1, 0.15) is 19.5 Å². The summed E-state index contributed by atoms with van der Waals surface area (Å²) in [7, 11) is 0. The van der Waals surface area contributed by atoms with Crippen molar-refractivity contribution in [1.82, 2.24) is 24.7 Å². The molecule has 0 spiro atoms. The van der Waals surface area contributed by atoms with E-state index in [9.17, 15) is 39.5 Å². The van der Waals surface area contributed by atoms with Gasteiger partial charge in [0.2, 0.25) is 11.9 Å². The lowest BCUT2D eigenvalue weighted by molar-refractivity contribution is -0.141. The van der Waals surface area contributed by atoms with Gasteiger partial charge in [0.25, 0.3) is 5.95 Å². The number of alkyl halides is 9. The first kappa shape index (κ1) is 22.5. The number of halogens is 9. The molecule has 0 fully saturated rings. The van der Waals surface area contributed by atoms with Crippen molar-refractivity contribution in [3.05, 3.63) is 18.0 Å². The van der Waals surface area contributed by atoms with Crippen LogP contribution in [0.2, 0.25) is 0 Å². The Labute approximate surface area is 156 Å². The molecule has 0 aromatic carbocycles. The molecule has 0 aliphatic carbocycles. The second kappa shape index (κ2) is 7.55. The number of aromatic nitrogens is 5. The van der Waals surface area contributed by atoms with Crippen molar-refractivity contribution < 1.29 is 39.5 Å². The second-order valence-corrected chi connectivity index (χ2v) is 5.74. The van der Waals surface area contributed by atoms with E-state index in [1.807, 2.05) is 10.6 Å². The van der Waals surface area contributed by atoms with E-state index >= 15 is 0 Å². The fourth-order valence-electron chi connectivity index (χ4n) is 1.73. The first-order valence-corrected chi connectivity index (χ1v) is 7.63. The van der Waals surface area contributed by atoms with Crippen molar-refractivity contribution in [2.75, 3.05) is 10.6 Å². The number of hydrogen-bond donors (Lipinski definition) is 2. The fraction of sp³-hybridized carbons (Fsp3) is 0.538. The van der Waals surface area contributed by atoms with Gasteiger partial charge in [-0.3, -0.25) is 0 Å². The van der Waals surface area contributed by atoms with Crippen molar-refractivity contribution in [3.63, 3.8) is 0 Å². The maximum atomic E-state index is 12.7. The molecule has 0 saturated heterocycles. The molecular formula is C13H12F9N7. The third-order valence-corrected chi connectivity index (χ3v) is 3.38. The summed E-state index contributed by atoms with van der Waals surface area (Å²) in [6, 6.07) is -3.90. The highest BCUT2D eigenvalue weighted by Crippen LogP contribution is 2.28. The first-order chi connectivity index (χ1) is 13.1. The van der Waals surface area contributed by atoms with Gasteiger partial charge in [0.15, 0.2) is 5.69 Å². The molecule has 2 atom stereocenters. The summed E-state index contributed by atoms with van der Waals surface area (Å²) in [5.74, 6) is -2.37. The summed E-state index contributed by atoms with van der Waals surface area (Å²) in [5.41, 5.74) is -1.37. The highest BCUT2D eigenvalue weighted by atomic mass is 19.4. The molecule has 2 rings (SSSR count). The summed E-state index contributed by atoms with van der Waals surface area (Å²) in [4.78, 5) is 10.4. The van der Waals surface area contributed by atoms with Crippen molar-refractivity contribution in [2.45, 2.75) is 44.5 Å². The molecule has 0 amide bonds. The normalized spacial score (nSPS) is 15.1. The minimum absolute atomic E-state index is 0.442. The Morgan fingerprint density at radius 3 is 1.59 bits per heavy atom. The summed E-state index contributed by atoms with van der Waals surface area (Å²) in [6.45, 7) is 1.37. The maximum Gasteiger partial charge on any atom is 0.435 e. The third-order valence-electron chi connectivity index (χ3n) is 3.38. The minimum atomic E-state index is -4.84. The van der Waals surface area contributed by atoms with Crippen LogP contribution in [0, 0.1) is 0 Å². The zero-order valence-corrected chi connectivity index (χ0v) is 14.4. The minimum Gasteiger partial charge on any atom is -0.343 e. The van der Waals surface area contributed by atoms with Crippen LogP contribution in [-0.4, -0.2) is 49.2 Å². The maximum absolute atomic E-state index is 12.7. The molecular weight excluding hydrogens is 425 g/mol. The van der Waals surface area contributed by atoms with Gasteiger partial charge < -0.3 is 10.6 Å². The molecule has 2 N–H and O–H groups in total. The predicted molar refractivity (Wildman–Crippen MR) is 80.2 cm³/mol. The lowest BCUT2D eigenvalue weighted by atomic mass is 10.3. The number of nitrogens with zero attached hydrogens (tertiary/aromatic N) is 5. The number of hydrogen-bond acceptors (Lipinski definition) is 6. The van der Waals surface area contributed by atoms with Gasteiger partial charge in [-0.05, 0) is 19.9 Å². The molecule has 16 heteroatoms. The standard InChI is InChI=1S/C13H12F9N7/c1-5(11(14,15)16)23-8-25-9(24-6(2)12(17,18)19)27-10(26-8)29-4-3-7(28-29)13(20,21)22/h3-6H,1-2H3,(H2,23,24,25,26,27). The lowest BCUT2D eigenvalue weighted by Crippen LogP contribution is -2.35. The molecule has 2 aromatic heterocycles. The van der Waals surface area contributed by atoms with Crippen LogP contribution in [0.15, 0.2) is 12.3 Å². The van der Waals surface area contributed by atoms with E-state index in [1.165, 1.54) is 0 Å². The zero-order valence-electron chi connectivity index (χ0n) is 14.4. The van der Waals surface area contributed by atoms with Crippen LogP contribution in [0.25, 0.3) is 5.95 Å². The van der Waals surface area contributed by atoms with Crippen molar-refractivity contribution in [3.8, 4) is 5.95 Å². The van der Waals surface area contributed by atoms with E-state index in [0.717, 1.165) is 6.20 Å². The molecule has 7 nitrogen and oxygen atoms in total. The Balaban J connectivity index is 2.45. The van der Waals surface area contributed by atoms with Crippen molar-refractivity contribution >= 4 is 11.9 Å². The number of nitrogens with one attached hydrogen (secondary N) is 2. The molecule has 0 radical (unpaired) electrons. The predicted octanol–water partition coefficient (Wildman–Crippen LogP) is 3.80. The second-order valence-electron chi connectivity index (χ2n) is 5.74. The van der Waals surface area contributed by atoms with Gasteiger partial charge in [-0.1, -0.05) is 0 Å². The highest BCUT2D eigenvalue weighted by molar-refractivity contribution is 5.39. The molecule has 0 aliphatic heterocycles. The summed E-state index contributed by atoms with van der Waals surface area (Å²) in [6.07, 6.45) is -13.6. The Bertz CT molecular complexity index is 800. The van der Waals surface area contributed by atoms with Crippen LogP contribution in [0.5, 0.6) is 0 Å². The van der Waals surface area contributed by atoms with E-state index < -0.39 is 54.2 Å². The van der Waals surface area contributed by atoms with E-state index in [4.69, 9.17) is 0 Å². The van der Waals surface area contributed by atoms with Gasteiger partial charge in [0.05, 0.1) is 0 Å². The van der Waals surface area contributed by atoms with Gasteiger partial charge in [0, 0.05) is 6.20 Å². The molecule has 2 heterocycles.